The van der Waals surface area contributed by atoms with E-state index in [4.69, 9.17) is 15.6 Å². The second kappa shape index (κ2) is 5.03. The fourth-order valence-corrected chi connectivity index (χ4v) is 1.10. The molecule has 0 unspecified atom stereocenters. The van der Waals surface area contributed by atoms with Crippen molar-refractivity contribution in [2.45, 2.75) is 13.8 Å². The Hall–Kier alpha value is -2.11. The maximum atomic E-state index is 12.8. The second-order valence-electron chi connectivity index (χ2n) is 4.50. The van der Waals surface area contributed by atoms with Crippen LogP contribution in [0.15, 0.2) is 18.2 Å². The summed E-state index contributed by atoms with van der Waals surface area (Å²) >= 11 is 0. The lowest BCUT2D eigenvalue weighted by atomic mass is 9.95. The van der Waals surface area contributed by atoms with Crippen molar-refractivity contribution in [3.05, 3.63) is 29.6 Å². The van der Waals surface area contributed by atoms with E-state index in [1.165, 1.54) is 19.9 Å². The molecule has 0 radical (unpaired) electrons. The van der Waals surface area contributed by atoms with Crippen LogP contribution in [0.5, 0.6) is 0 Å². The number of benzene rings is 1. The Kier molecular flexibility index (Phi) is 3.90. The molecule has 0 fully saturated rings. The Morgan fingerprint density at radius 3 is 2.56 bits per heavy atom. The number of nitrogens with two attached hydrogens (primary N) is 1. The molecule has 0 amide bonds. The normalized spacial score (nSPS) is 11.1. The van der Waals surface area contributed by atoms with Crippen LogP contribution in [0.4, 0.5) is 10.1 Å². The Bertz CT molecular complexity index is 485. The highest BCUT2D eigenvalue weighted by Crippen LogP contribution is 2.19. The first kappa shape index (κ1) is 14.0. The minimum Gasteiger partial charge on any atom is -0.481 e. The molecule has 1 rings (SSSR count). The maximum Gasteiger partial charge on any atom is 0.340 e. The van der Waals surface area contributed by atoms with Gasteiger partial charge in [0.1, 0.15) is 12.4 Å². The number of rotatable bonds is 4. The van der Waals surface area contributed by atoms with Crippen LogP contribution in [-0.4, -0.2) is 23.7 Å². The first-order valence-electron chi connectivity index (χ1n) is 5.19. The number of carboxylic acid groups (broad SMARTS) is 1. The summed E-state index contributed by atoms with van der Waals surface area (Å²) in [7, 11) is 0. The molecule has 98 valence electrons. The van der Waals surface area contributed by atoms with Crippen LogP contribution < -0.4 is 5.73 Å². The van der Waals surface area contributed by atoms with E-state index in [0.717, 1.165) is 12.1 Å². The van der Waals surface area contributed by atoms with Gasteiger partial charge in [0.05, 0.1) is 11.0 Å². The number of halogens is 1. The number of ether oxygens (including phenoxy) is 1. The molecule has 0 bridgehead atoms. The van der Waals surface area contributed by atoms with E-state index in [2.05, 4.69) is 0 Å². The van der Waals surface area contributed by atoms with Gasteiger partial charge in [-0.25, -0.2) is 9.18 Å². The van der Waals surface area contributed by atoms with Gasteiger partial charge in [0.15, 0.2) is 0 Å². The van der Waals surface area contributed by atoms with Gasteiger partial charge in [-0.05, 0) is 32.0 Å². The smallest absolute Gasteiger partial charge is 0.340 e. The highest BCUT2D eigenvalue weighted by molar-refractivity contribution is 5.95. The van der Waals surface area contributed by atoms with Crippen LogP contribution in [0.2, 0.25) is 0 Å². The summed E-state index contributed by atoms with van der Waals surface area (Å²) in [6.07, 6.45) is 0. The number of nitrogen functional groups attached to an aromatic ring is 1. The Morgan fingerprint density at radius 1 is 1.44 bits per heavy atom. The van der Waals surface area contributed by atoms with Crippen LogP contribution in [0.1, 0.15) is 24.2 Å². The zero-order valence-corrected chi connectivity index (χ0v) is 10.1. The first-order chi connectivity index (χ1) is 8.24. The average Bonchev–Trinajstić information content (AvgIpc) is 2.25. The van der Waals surface area contributed by atoms with Crippen LogP contribution in [-0.2, 0) is 9.53 Å². The van der Waals surface area contributed by atoms with E-state index >= 15 is 0 Å². The van der Waals surface area contributed by atoms with Crippen molar-refractivity contribution in [1.82, 2.24) is 0 Å². The Labute approximate surface area is 103 Å². The molecular formula is C12H14FNO4. The van der Waals surface area contributed by atoms with Crippen molar-refractivity contribution < 1.29 is 23.8 Å². The average molecular weight is 255 g/mol. The molecule has 5 nitrogen and oxygen atoms in total. The fraction of sp³-hybridized carbons (Fsp3) is 0.333. The molecule has 1 aromatic rings. The van der Waals surface area contributed by atoms with Gasteiger partial charge in [-0.3, -0.25) is 4.79 Å². The van der Waals surface area contributed by atoms with Crippen molar-refractivity contribution >= 4 is 17.6 Å². The van der Waals surface area contributed by atoms with Gasteiger partial charge in [-0.1, -0.05) is 0 Å². The SMILES string of the molecule is CC(C)(COC(=O)c1ccc(F)cc1N)C(=O)O. The monoisotopic (exact) mass is 255 g/mol. The highest BCUT2D eigenvalue weighted by Gasteiger charge is 2.29. The highest BCUT2D eigenvalue weighted by atomic mass is 19.1. The predicted molar refractivity (Wildman–Crippen MR) is 62.5 cm³/mol. The van der Waals surface area contributed by atoms with E-state index in [1.54, 1.807) is 0 Å². The van der Waals surface area contributed by atoms with E-state index in [-0.39, 0.29) is 17.9 Å². The number of hydrogen-bond acceptors (Lipinski definition) is 4. The van der Waals surface area contributed by atoms with E-state index in [1.807, 2.05) is 0 Å². The van der Waals surface area contributed by atoms with Crippen LogP contribution >= 0.6 is 0 Å². The van der Waals surface area contributed by atoms with E-state index < -0.39 is 23.2 Å². The molecule has 0 aliphatic carbocycles. The van der Waals surface area contributed by atoms with Crippen LogP contribution in [0, 0.1) is 11.2 Å². The van der Waals surface area contributed by atoms with Crippen molar-refractivity contribution in [2.24, 2.45) is 5.41 Å². The third-order valence-corrected chi connectivity index (χ3v) is 2.38. The second-order valence-corrected chi connectivity index (χ2v) is 4.50. The standard InChI is InChI=1S/C12H14FNO4/c1-12(2,11(16)17)6-18-10(15)8-4-3-7(13)5-9(8)14/h3-5H,6,14H2,1-2H3,(H,16,17). The summed E-state index contributed by atoms with van der Waals surface area (Å²) in [6, 6.07) is 3.27. The molecule has 0 atom stereocenters. The van der Waals surface area contributed by atoms with Crippen molar-refractivity contribution in [1.29, 1.82) is 0 Å². The molecule has 6 heteroatoms. The molecule has 18 heavy (non-hydrogen) atoms. The number of esters is 1. The zero-order valence-electron chi connectivity index (χ0n) is 10.1. The number of carbonyl (C=O) groups is 2. The summed E-state index contributed by atoms with van der Waals surface area (Å²) < 4.78 is 17.6. The van der Waals surface area contributed by atoms with Crippen molar-refractivity contribution in [3.63, 3.8) is 0 Å². The van der Waals surface area contributed by atoms with Gasteiger partial charge in [0, 0.05) is 5.69 Å². The maximum absolute atomic E-state index is 12.8. The largest absolute Gasteiger partial charge is 0.481 e. The van der Waals surface area contributed by atoms with Crippen molar-refractivity contribution in [2.75, 3.05) is 12.3 Å². The first-order valence-corrected chi connectivity index (χ1v) is 5.19. The summed E-state index contributed by atoms with van der Waals surface area (Å²) in [6.45, 7) is 2.56. The lowest BCUT2D eigenvalue weighted by Gasteiger charge is -2.18. The lowest BCUT2D eigenvalue weighted by molar-refractivity contribution is -0.149. The number of anilines is 1. The molecule has 3 N–H and O–H groups in total. The Balaban J connectivity index is 2.75. The van der Waals surface area contributed by atoms with Gasteiger partial charge in [-0.15, -0.1) is 0 Å². The van der Waals surface area contributed by atoms with Crippen LogP contribution in [0.25, 0.3) is 0 Å². The van der Waals surface area contributed by atoms with Gasteiger partial charge in [0.2, 0.25) is 0 Å². The van der Waals surface area contributed by atoms with Gasteiger partial charge >= 0.3 is 11.9 Å². The molecule has 0 aromatic heterocycles. The number of carbonyl (C=O) groups excluding carboxylic acids is 1. The third kappa shape index (κ3) is 3.19. The third-order valence-electron chi connectivity index (χ3n) is 2.38. The summed E-state index contributed by atoms with van der Waals surface area (Å²) in [5.74, 6) is -2.42. The summed E-state index contributed by atoms with van der Waals surface area (Å²) in [5, 5.41) is 8.85. The quantitative estimate of drug-likeness (QED) is 0.631. The van der Waals surface area contributed by atoms with Gasteiger partial charge in [0.25, 0.3) is 0 Å². The molecule has 1 aromatic carbocycles. The number of carboxylic acids is 1. The van der Waals surface area contributed by atoms with Crippen LogP contribution in [0.3, 0.4) is 0 Å². The molecular weight excluding hydrogens is 241 g/mol. The Morgan fingerprint density at radius 2 is 2.06 bits per heavy atom. The molecule has 0 saturated carbocycles. The summed E-state index contributed by atoms with van der Waals surface area (Å²) in [5.41, 5.74) is 4.24. The minimum absolute atomic E-state index is 0.0117. The molecule has 0 spiro atoms. The molecule has 0 saturated heterocycles. The zero-order chi connectivity index (χ0) is 13.9. The lowest BCUT2D eigenvalue weighted by Crippen LogP contribution is -2.30. The molecule has 0 heterocycles. The van der Waals surface area contributed by atoms with Gasteiger partial charge in [-0.2, -0.15) is 0 Å². The topological polar surface area (TPSA) is 89.6 Å². The summed E-state index contributed by atoms with van der Waals surface area (Å²) in [4.78, 5) is 22.4. The molecule has 0 aliphatic heterocycles. The predicted octanol–water partition coefficient (Wildman–Crippen LogP) is 1.68. The van der Waals surface area contributed by atoms with E-state index in [0.29, 0.717) is 0 Å². The number of aliphatic carboxylic acids is 1. The van der Waals surface area contributed by atoms with E-state index in [9.17, 15) is 14.0 Å². The minimum atomic E-state index is -1.19. The fourth-order valence-electron chi connectivity index (χ4n) is 1.10. The number of hydrogen-bond donors (Lipinski definition) is 2. The molecule has 0 aliphatic rings. The van der Waals surface area contributed by atoms with Gasteiger partial charge < -0.3 is 15.6 Å². The van der Waals surface area contributed by atoms with Crippen molar-refractivity contribution in [3.8, 4) is 0 Å².